The SMILES string of the molecule is CCCC(c1ccc(C(=O)[O-])cc1)[N+](=O)[O-]. The van der Waals surface area contributed by atoms with Gasteiger partial charge in [-0.2, -0.15) is 0 Å². The fourth-order valence-electron chi connectivity index (χ4n) is 1.51. The largest absolute Gasteiger partial charge is 0.545 e. The number of aromatic carboxylic acids is 1. The highest BCUT2D eigenvalue weighted by atomic mass is 16.6. The minimum absolute atomic E-state index is 0.0300. The van der Waals surface area contributed by atoms with Crippen molar-refractivity contribution >= 4 is 5.97 Å². The number of hydrogen-bond donors (Lipinski definition) is 0. The first-order valence-electron chi connectivity index (χ1n) is 5.01. The molecule has 0 aliphatic carbocycles. The quantitative estimate of drug-likeness (QED) is 0.553. The molecule has 0 saturated carbocycles. The molecule has 1 aromatic rings. The van der Waals surface area contributed by atoms with Crippen molar-refractivity contribution in [3.63, 3.8) is 0 Å². The van der Waals surface area contributed by atoms with Gasteiger partial charge in [0, 0.05) is 16.9 Å². The number of carbonyl (C=O) groups excluding carboxylic acids is 1. The molecule has 1 unspecified atom stereocenters. The van der Waals surface area contributed by atoms with Crippen molar-refractivity contribution in [2.75, 3.05) is 0 Å². The normalized spacial score (nSPS) is 12.1. The Balaban J connectivity index is 2.94. The monoisotopic (exact) mass is 222 g/mol. The van der Waals surface area contributed by atoms with Gasteiger partial charge in [0.15, 0.2) is 0 Å². The highest BCUT2D eigenvalue weighted by Crippen LogP contribution is 2.22. The number of carboxylic acids is 1. The summed E-state index contributed by atoms with van der Waals surface area (Å²) in [4.78, 5) is 20.9. The molecule has 0 aromatic heterocycles. The molecule has 5 nitrogen and oxygen atoms in total. The molecule has 0 bridgehead atoms. The number of rotatable bonds is 5. The molecule has 0 saturated heterocycles. The molecule has 1 rings (SSSR count). The van der Waals surface area contributed by atoms with Crippen LogP contribution in [0.25, 0.3) is 0 Å². The predicted molar refractivity (Wildman–Crippen MR) is 55.4 cm³/mol. The molecule has 0 radical (unpaired) electrons. The smallest absolute Gasteiger partial charge is 0.238 e. The van der Waals surface area contributed by atoms with E-state index in [4.69, 9.17) is 0 Å². The summed E-state index contributed by atoms with van der Waals surface area (Å²) in [6, 6.07) is 4.83. The molecule has 1 aromatic carbocycles. The van der Waals surface area contributed by atoms with Crippen molar-refractivity contribution < 1.29 is 14.8 Å². The highest BCUT2D eigenvalue weighted by molar-refractivity contribution is 5.85. The van der Waals surface area contributed by atoms with Crippen molar-refractivity contribution in [3.05, 3.63) is 45.5 Å². The minimum Gasteiger partial charge on any atom is -0.545 e. The van der Waals surface area contributed by atoms with Gasteiger partial charge in [0.1, 0.15) is 0 Å². The van der Waals surface area contributed by atoms with Crippen LogP contribution in [0.3, 0.4) is 0 Å². The van der Waals surface area contributed by atoms with Gasteiger partial charge in [0.2, 0.25) is 6.04 Å². The fourth-order valence-corrected chi connectivity index (χ4v) is 1.51. The van der Waals surface area contributed by atoms with Gasteiger partial charge in [-0.15, -0.1) is 0 Å². The van der Waals surface area contributed by atoms with E-state index in [-0.39, 0.29) is 10.5 Å². The molecule has 5 heteroatoms. The zero-order valence-electron chi connectivity index (χ0n) is 8.88. The van der Waals surface area contributed by atoms with Crippen LogP contribution in [0.2, 0.25) is 0 Å². The average Bonchev–Trinajstić information content (AvgIpc) is 2.25. The summed E-state index contributed by atoms with van der Waals surface area (Å²) in [5.74, 6) is -1.28. The van der Waals surface area contributed by atoms with Crippen molar-refractivity contribution in [1.29, 1.82) is 0 Å². The number of carbonyl (C=O) groups is 1. The second-order valence-corrected chi connectivity index (χ2v) is 3.50. The molecule has 16 heavy (non-hydrogen) atoms. The maximum atomic E-state index is 10.8. The van der Waals surface area contributed by atoms with E-state index in [1.54, 1.807) is 0 Å². The Morgan fingerprint density at radius 3 is 2.31 bits per heavy atom. The van der Waals surface area contributed by atoms with E-state index in [1.165, 1.54) is 24.3 Å². The Morgan fingerprint density at radius 2 is 1.94 bits per heavy atom. The Hall–Kier alpha value is -1.91. The number of carboxylic acid groups (broad SMARTS) is 1. The van der Waals surface area contributed by atoms with E-state index in [9.17, 15) is 20.0 Å². The predicted octanol–water partition coefficient (Wildman–Crippen LogP) is 1.17. The van der Waals surface area contributed by atoms with Crippen LogP contribution in [0.15, 0.2) is 24.3 Å². The standard InChI is InChI=1S/C11H13NO4/c1-2-3-10(12(15)16)8-4-6-9(7-5-8)11(13)14/h4-7,10H,2-3H2,1H3,(H,13,14)/p-1. The summed E-state index contributed by atoms with van der Waals surface area (Å²) in [6.07, 6.45) is 1.14. The molecular formula is C11H12NO4-. The number of nitrogens with zero attached hydrogens (tertiary/aromatic N) is 1. The zero-order chi connectivity index (χ0) is 12.1. The van der Waals surface area contributed by atoms with Gasteiger partial charge in [-0.3, -0.25) is 10.1 Å². The highest BCUT2D eigenvalue weighted by Gasteiger charge is 2.20. The Morgan fingerprint density at radius 1 is 1.38 bits per heavy atom. The average molecular weight is 222 g/mol. The van der Waals surface area contributed by atoms with Crippen molar-refractivity contribution in [2.45, 2.75) is 25.8 Å². The molecule has 0 aliphatic rings. The molecule has 0 amide bonds. The van der Waals surface area contributed by atoms with Crippen LogP contribution in [0.1, 0.15) is 41.7 Å². The van der Waals surface area contributed by atoms with E-state index in [1.807, 2.05) is 6.92 Å². The van der Waals surface area contributed by atoms with Gasteiger partial charge in [0.25, 0.3) is 0 Å². The topological polar surface area (TPSA) is 83.3 Å². The van der Waals surface area contributed by atoms with Crippen LogP contribution in [0.5, 0.6) is 0 Å². The lowest BCUT2D eigenvalue weighted by Crippen LogP contribution is -2.22. The first-order valence-corrected chi connectivity index (χ1v) is 5.01. The lowest BCUT2D eigenvalue weighted by molar-refractivity contribution is -0.530. The van der Waals surface area contributed by atoms with E-state index >= 15 is 0 Å². The maximum Gasteiger partial charge on any atom is 0.238 e. The lowest BCUT2D eigenvalue weighted by Gasteiger charge is -2.09. The van der Waals surface area contributed by atoms with Crippen LogP contribution in [0.4, 0.5) is 0 Å². The van der Waals surface area contributed by atoms with E-state index in [0.717, 1.165) is 0 Å². The zero-order valence-corrected chi connectivity index (χ0v) is 8.88. The molecular weight excluding hydrogens is 210 g/mol. The van der Waals surface area contributed by atoms with Crippen LogP contribution in [0, 0.1) is 10.1 Å². The van der Waals surface area contributed by atoms with Gasteiger partial charge in [-0.1, -0.05) is 31.2 Å². The minimum atomic E-state index is -1.28. The summed E-state index contributed by atoms with van der Waals surface area (Å²) >= 11 is 0. The molecule has 0 aliphatic heterocycles. The molecule has 0 heterocycles. The second kappa shape index (κ2) is 5.25. The number of nitro groups is 1. The van der Waals surface area contributed by atoms with E-state index in [2.05, 4.69) is 0 Å². The van der Waals surface area contributed by atoms with E-state index in [0.29, 0.717) is 18.4 Å². The Kier molecular flexibility index (Phi) is 3.99. The summed E-state index contributed by atoms with van der Waals surface area (Å²) in [7, 11) is 0. The molecule has 0 spiro atoms. The molecule has 1 atom stereocenters. The van der Waals surface area contributed by atoms with E-state index < -0.39 is 12.0 Å². The third-order valence-electron chi connectivity index (χ3n) is 2.35. The molecule has 0 fully saturated rings. The second-order valence-electron chi connectivity index (χ2n) is 3.50. The van der Waals surface area contributed by atoms with Gasteiger partial charge in [-0.05, 0) is 12.0 Å². The fraction of sp³-hybridized carbons (Fsp3) is 0.364. The van der Waals surface area contributed by atoms with Crippen molar-refractivity contribution in [3.8, 4) is 0 Å². The third kappa shape index (κ3) is 2.79. The van der Waals surface area contributed by atoms with Gasteiger partial charge in [-0.25, -0.2) is 0 Å². The van der Waals surface area contributed by atoms with Gasteiger partial charge >= 0.3 is 0 Å². The van der Waals surface area contributed by atoms with Crippen LogP contribution in [-0.2, 0) is 0 Å². The lowest BCUT2D eigenvalue weighted by atomic mass is 10.0. The van der Waals surface area contributed by atoms with Gasteiger partial charge in [0.05, 0.1) is 5.97 Å². The summed E-state index contributed by atoms with van der Waals surface area (Å²) < 4.78 is 0. The Bertz CT molecular complexity index is 385. The van der Waals surface area contributed by atoms with Crippen LogP contribution >= 0.6 is 0 Å². The number of hydrogen-bond acceptors (Lipinski definition) is 4. The van der Waals surface area contributed by atoms with Crippen LogP contribution < -0.4 is 5.11 Å². The van der Waals surface area contributed by atoms with Crippen molar-refractivity contribution in [1.82, 2.24) is 0 Å². The molecule has 0 N–H and O–H groups in total. The third-order valence-corrected chi connectivity index (χ3v) is 2.35. The summed E-state index contributed by atoms with van der Waals surface area (Å²) in [5, 5.41) is 21.3. The van der Waals surface area contributed by atoms with Crippen LogP contribution in [-0.4, -0.2) is 10.9 Å². The maximum absolute atomic E-state index is 10.8. The van der Waals surface area contributed by atoms with Crippen molar-refractivity contribution in [2.24, 2.45) is 0 Å². The first kappa shape index (κ1) is 12.2. The summed E-state index contributed by atoms with van der Waals surface area (Å²) in [5.41, 5.74) is 0.555. The Labute approximate surface area is 92.9 Å². The first-order chi connectivity index (χ1) is 7.56. The van der Waals surface area contributed by atoms with Gasteiger partial charge < -0.3 is 9.90 Å². The molecule has 86 valence electrons. The summed E-state index contributed by atoms with van der Waals surface area (Å²) in [6.45, 7) is 1.87. The number of benzene rings is 1.